The zero-order chi connectivity index (χ0) is 23.4. The van der Waals surface area contributed by atoms with Crippen molar-refractivity contribution in [1.82, 2.24) is 19.5 Å². The summed E-state index contributed by atoms with van der Waals surface area (Å²) in [6.07, 6.45) is 3.10. The molecule has 34 heavy (non-hydrogen) atoms. The Balaban J connectivity index is 1.45. The van der Waals surface area contributed by atoms with Crippen LogP contribution in [0.4, 0.5) is 0 Å². The third kappa shape index (κ3) is 3.49. The maximum atomic E-state index is 13.5. The Labute approximate surface area is 203 Å². The van der Waals surface area contributed by atoms with Crippen molar-refractivity contribution in [2.24, 2.45) is 0 Å². The van der Waals surface area contributed by atoms with E-state index in [0.29, 0.717) is 27.6 Å². The van der Waals surface area contributed by atoms with Crippen LogP contribution in [0.2, 0.25) is 0 Å². The van der Waals surface area contributed by atoms with Gasteiger partial charge in [0.25, 0.3) is 11.1 Å². The minimum absolute atomic E-state index is 0.0711. The van der Waals surface area contributed by atoms with Crippen LogP contribution < -0.4 is 11.1 Å². The van der Waals surface area contributed by atoms with E-state index in [2.05, 4.69) is 11.1 Å². The number of aromatic nitrogens is 4. The molecule has 0 aliphatic heterocycles. The van der Waals surface area contributed by atoms with E-state index in [9.17, 15) is 9.59 Å². The molecule has 0 amide bonds. The number of hydrogen-bond acceptors (Lipinski definition) is 6. The molecule has 8 heteroatoms. The fourth-order valence-electron chi connectivity index (χ4n) is 4.73. The lowest BCUT2D eigenvalue weighted by molar-refractivity contribution is 0.812. The maximum Gasteiger partial charge on any atom is 0.266 e. The average molecular weight is 487 g/mol. The van der Waals surface area contributed by atoms with Gasteiger partial charge >= 0.3 is 0 Å². The first-order chi connectivity index (χ1) is 16.5. The first-order valence-electron chi connectivity index (χ1n) is 11.3. The van der Waals surface area contributed by atoms with Gasteiger partial charge in [-0.05, 0) is 62.4 Å². The lowest BCUT2D eigenvalue weighted by Gasteiger charge is -2.15. The summed E-state index contributed by atoms with van der Waals surface area (Å²) in [6.45, 7) is 4.04. The van der Waals surface area contributed by atoms with Crippen LogP contribution in [0.3, 0.4) is 0 Å². The van der Waals surface area contributed by atoms with Gasteiger partial charge in [-0.2, -0.15) is 0 Å². The minimum atomic E-state index is -0.105. The Morgan fingerprint density at radius 1 is 1.09 bits per heavy atom. The number of rotatable bonds is 4. The van der Waals surface area contributed by atoms with Crippen LogP contribution in [0, 0.1) is 13.8 Å². The van der Waals surface area contributed by atoms with Gasteiger partial charge < -0.3 is 4.98 Å². The van der Waals surface area contributed by atoms with E-state index in [-0.39, 0.29) is 11.1 Å². The first kappa shape index (κ1) is 21.3. The predicted molar refractivity (Wildman–Crippen MR) is 139 cm³/mol. The number of nitrogens with zero attached hydrogens (tertiary/aromatic N) is 3. The highest BCUT2D eigenvalue weighted by atomic mass is 32.2. The molecule has 0 fully saturated rings. The number of thiophene rings is 1. The molecule has 0 spiro atoms. The number of thioether (sulfide) groups is 1. The van der Waals surface area contributed by atoms with E-state index in [4.69, 9.17) is 9.97 Å². The van der Waals surface area contributed by atoms with Crippen molar-refractivity contribution < 1.29 is 0 Å². The molecular weight excluding hydrogens is 464 g/mol. The van der Waals surface area contributed by atoms with Gasteiger partial charge in [0.05, 0.1) is 27.7 Å². The molecule has 1 aliphatic rings. The van der Waals surface area contributed by atoms with Crippen LogP contribution in [0.1, 0.15) is 33.8 Å². The third-order valence-electron chi connectivity index (χ3n) is 6.30. The monoisotopic (exact) mass is 486 g/mol. The molecule has 2 aromatic carbocycles. The zero-order valence-electron chi connectivity index (χ0n) is 18.8. The summed E-state index contributed by atoms with van der Waals surface area (Å²) in [4.78, 5) is 41.1. The average Bonchev–Trinajstić information content (AvgIpc) is 3.40. The van der Waals surface area contributed by atoms with Crippen LogP contribution >= 0.6 is 23.1 Å². The molecule has 0 saturated carbocycles. The highest BCUT2D eigenvalue weighted by Gasteiger charge is 2.21. The Bertz CT molecular complexity index is 1710. The van der Waals surface area contributed by atoms with Crippen LogP contribution in [-0.4, -0.2) is 19.5 Å². The molecule has 1 N–H and O–H groups in total. The molecule has 5 aromatic rings. The number of benzene rings is 2. The SMILES string of the molecule is Cc1ccc(-n2c(SCc3nc4sc5c(c4c(=O)[nH]3)CCC5)nc3ccccc3c2=O)c(C)c1. The van der Waals surface area contributed by atoms with E-state index in [0.717, 1.165) is 46.3 Å². The van der Waals surface area contributed by atoms with Crippen molar-refractivity contribution in [2.75, 3.05) is 0 Å². The second kappa shape index (κ2) is 8.21. The van der Waals surface area contributed by atoms with E-state index < -0.39 is 0 Å². The van der Waals surface area contributed by atoms with Crippen molar-refractivity contribution in [3.63, 3.8) is 0 Å². The molecule has 0 radical (unpaired) electrons. The lowest BCUT2D eigenvalue weighted by atomic mass is 10.1. The van der Waals surface area contributed by atoms with E-state index in [1.165, 1.54) is 22.2 Å². The van der Waals surface area contributed by atoms with Crippen LogP contribution in [0.5, 0.6) is 0 Å². The van der Waals surface area contributed by atoms with Gasteiger partial charge in [-0.1, -0.05) is 41.6 Å². The molecule has 170 valence electrons. The van der Waals surface area contributed by atoms with Crippen molar-refractivity contribution in [2.45, 2.75) is 44.0 Å². The Kier molecular flexibility index (Phi) is 5.15. The molecule has 0 unspecified atom stereocenters. The minimum Gasteiger partial charge on any atom is -0.309 e. The van der Waals surface area contributed by atoms with Gasteiger partial charge in [0.1, 0.15) is 10.7 Å². The molecule has 3 aromatic heterocycles. The standard InChI is InChI=1S/C26H22N4O2S2/c1-14-10-11-19(15(2)12-14)30-25(32)16-6-3-4-8-18(16)27-26(30)33-13-21-28-23(31)22-17-7-5-9-20(17)34-24(22)29-21/h3-4,6,8,10-12H,5,7,9,13H2,1-2H3,(H,28,29,31). The summed E-state index contributed by atoms with van der Waals surface area (Å²) in [5.74, 6) is 1.00. The highest BCUT2D eigenvalue weighted by molar-refractivity contribution is 7.98. The van der Waals surface area contributed by atoms with Crippen LogP contribution in [0.25, 0.3) is 26.8 Å². The number of H-pyrrole nitrogens is 1. The maximum absolute atomic E-state index is 13.5. The molecular formula is C26H22N4O2S2. The highest BCUT2D eigenvalue weighted by Crippen LogP contribution is 2.35. The molecule has 1 aliphatic carbocycles. The fourth-order valence-corrected chi connectivity index (χ4v) is 6.88. The largest absolute Gasteiger partial charge is 0.309 e. The van der Waals surface area contributed by atoms with Gasteiger partial charge in [0, 0.05) is 4.88 Å². The second-order valence-electron chi connectivity index (χ2n) is 8.68. The summed E-state index contributed by atoms with van der Waals surface area (Å²) < 4.78 is 1.68. The second-order valence-corrected chi connectivity index (χ2v) is 10.7. The van der Waals surface area contributed by atoms with Crippen LogP contribution in [-0.2, 0) is 18.6 Å². The molecule has 0 saturated heterocycles. The van der Waals surface area contributed by atoms with Gasteiger partial charge in [-0.3, -0.25) is 14.2 Å². The number of fused-ring (bicyclic) bond motifs is 4. The lowest BCUT2D eigenvalue weighted by Crippen LogP contribution is -2.22. The van der Waals surface area contributed by atoms with Crippen molar-refractivity contribution in [3.05, 3.63) is 90.6 Å². The number of aromatic amines is 1. The summed E-state index contributed by atoms with van der Waals surface area (Å²) in [7, 11) is 0. The third-order valence-corrected chi connectivity index (χ3v) is 8.44. The molecule has 6 rings (SSSR count). The topological polar surface area (TPSA) is 80.6 Å². The van der Waals surface area contributed by atoms with Gasteiger partial charge in [-0.15, -0.1) is 11.3 Å². The van der Waals surface area contributed by atoms with E-state index in [1.807, 2.05) is 50.2 Å². The van der Waals surface area contributed by atoms with Crippen molar-refractivity contribution in [1.29, 1.82) is 0 Å². The Hall–Kier alpha value is -3.23. The normalized spacial score (nSPS) is 13.1. The Morgan fingerprint density at radius 2 is 1.94 bits per heavy atom. The number of para-hydroxylation sites is 1. The number of nitrogens with one attached hydrogen (secondary N) is 1. The van der Waals surface area contributed by atoms with E-state index >= 15 is 0 Å². The van der Waals surface area contributed by atoms with Gasteiger partial charge in [-0.25, -0.2) is 9.97 Å². The smallest absolute Gasteiger partial charge is 0.266 e. The van der Waals surface area contributed by atoms with Gasteiger partial charge in [0.2, 0.25) is 0 Å². The number of hydrogen-bond donors (Lipinski definition) is 1. The zero-order valence-corrected chi connectivity index (χ0v) is 20.5. The summed E-state index contributed by atoms with van der Waals surface area (Å²) >= 11 is 3.04. The van der Waals surface area contributed by atoms with E-state index in [1.54, 1.807) is 15.9 Å². The summed E-state index contributed by atoms with van der Waals surface area (Å²) in [5, 5.41) is 1.90. The van der Waals surface area contributed by atoms with Crippen molar-refractivity contribution >= 4 is 44.2 Å². The Morgan fingerprint density at radius 3 is 2.79 bits per heavy atom. The molecule has 6 nitrogen and oxygen atoms in total. The van der Waals surface area contributed by atoms with Crippen LogP contribution in [0.15, 0.2) is 57.2 Å². The quantitative estimate of drug-likeness (QED) is 0.283. The fraction of sp³-hybridized carbons (Fsp3) is 0.231. The molecule has 0 atom stereocenters. The van der Waals surface area contributed by atoms with Gasteiger partial charge in [0.15, 0.2) is 5.16 Å². The molecule has 3 heterocycles. The number of aryl methyl sites for hydroxylation is 4. The molecule has 0 bridgehead atoms. The predicted octanol–water partition coefficient (Wildman–Crippen LogP) is 5.08. The summed E-state index contributed by atoms with van der Waals surface area (Å²) in [6, 6.07) is 13.4. The first-order valence-corrected chi connectivity index (χ1v) is 13.1. The summed E-state index contributed by atoms with van der Waals surface area (Å²) in [5.41, 5.74) is 4.60. The van der Waals surface area contributed by atoms with Crippen molar-refractivity contribution in [3.8, 4) is 5.69 Å².